The summed E-state index contributed by atoms with van der Waals surface area (Å²) in [6.07, 6.45) is 2.25. The number of nitrogens with one attached hydrogen (secondary N) is 1. The SMILES string of the molecule is CC(CN1CCCC1)NS(=O)(=O)c1cc(Cl)cc(N)c1F. The van der Waals surface area contributed by atoms with Crippen LogP contribution in [0.1, 0.15) is 19.8 Å². The fourth-order valence-corrected chi connectivity index (χ4v) is 4.16. The molecule has 1 heterocycles. The largest absolute Gasteiger partial charge is 0.396 e. The molecule has 21 heavy (non-hydrogen) atoms. The quantitative estimate of drug-likeness (QED) is 0.805. The maximum absolute atomic E-state index is 13.9. The van der Waals surface area contributed by atoms with Crippen LogP contribution in [0.4, 0.5) is 10.1 Å². The predicted octanol–water partition coefficient (Wildman–Crippen LogP) is 1.82. The molecule has 118 valence electrons. The first kappa shape index (κ1) is 16.5. The van der Waals surface area contributed by atoms with Crippen molar-refractivity contribution < 1.29 is 12.8 Å². The number of benzene rings is 1. The van der Waals surface area contributed by atoms with Gasteiger partial charge in [-0.1, -0.05) is 11.6 Å². The summed E-state index contributed by atoms with van der Waals surface area (Å²) in [5, 5.41) is 0.0847. The highest BCUT2D eigenvalue weighted by atomic mass is 35.5. The summed E-state index contributed by atoms with van der Waals surface area (Å²) >= 11 is 5.76. The molecular weight excluding hydrogens is 317 g/mol. The van der Waals surface area contributed by atoms with Gasteiger partial charge in [0.05, 0.1) is 5.69 Å². The minimum Gasteiger partial charge on any atom is -0.396 e. The van der Waals surface area contributed by atoms with E-state index in [2.05, 4.69) is 9.62 Å². The monoisotopic (exact) mass is 335 g/mol. The highest BCUT2D eigenvalue weighted by molar-refractivity contribution is 7.89. The summed E-state index contributed by atoms with van der Waals surface area (Å²) in [7, 11) is -3.99. The molecular formula is C13H19ClFN3O2S. The normalized spacial score (nSPS) is 18.0. The van der Waals surface area contributed by atoms with E-state index < -0.39 is 20.7 Å². The molecule has 0 aromatic heterocycles. The highest BCUT2D eigenvalue weighted by Crippen LogP contribution is 2.25. The minimum absolute atomic E-state index is 0.0847. The van der Waals surface area contributed by atoms with Crippen LogP contribution in [-0.4, -0.2) is 39.0 Å². The molecule has 1 unspecified atom stereocenters. The number of nitrogens with two attached hydrogens (primary N) is 1. The Kier molecular flexibility index (Phi) is 5.08. The molecule has 2 rings (SSSR count). The molecule has 1 aliphatic rings. The van der Waals surface area contributed by atoms with Crippen molar-refractivity contribution in [1.82, 2.24) is 9.62 Å². The van der Waals surface area contributed by atoms with E-state index in [4.69, 9.17) is 17.3 Å². The zero-order valence-corrected chi connectivity index (χ0v) is 13.3. The zero-order chi connectivity index (χ0) is 15.6. The Morgan fingerprint density at radius 3 is 2.67 bits per heavy atom. The lowest BCUT2D eigenvalue weighted by Crippen LogP contribution is -2.41. The van der Waals surface area contributed by atoms with Gasteiger partial charge in [0.25, 0.3) is 0 Å². The summed E-state index contributed by atoms with van der Waals surface area (Å²) < 4.78 is 40.9. The van der Waals surface area contributed by atoms with E-state index in [0.29, 0.717) is 6.54 Å². The fourth-order valence-electron chi connectivity index (χ4n) is 2.50. The molecule has 1 aromatic carbocycles. The molecule has 1 atom stereocenters. The van der Waals surface area contributed by atoms with Gasteiger partial charge in [-0.3, -0.25) is 0 Å². The molecule has 5 nitrogen and oxygen atoms in total. The molecule has 0 aliphatic carbocycles. The van der Waals surface area contributed by atoms with Crippen molar-refractivity contribution in [2.45, 2.75) is 30.7 Å². The number of hydrogen-bond acceptors (Lipinski definition) is 4. The summed E-state index contributed by atoms with van der Waals surface area (Å²) in [6.45, 7) is 4.27. The van der Waals surface area contributed by atoms with Crippen molar-refractivity contribution >= 4 is 27.3 Å². The molecule has 1 saturated heterocycles. The van der Waals surface area contributed by atoms with Crippen molar-refractivity contribution in [1.29, 1.82) is 0 Å². The highest BCUT2D eigenvalue weighted by Gasteiger charge is 2.25. The predicted molar refractivity (Wildman–Crippen MR) is 81.3 cm³/mol. The number of halogens is 2. The van der Waals surface area contributed by atoms with Crippen LogP contribution in [-0.2, 0) is 10.0 Å². The first-order chi connectivity index (χ1) is 9.79. The van der Waals surface area contributed by atoms with Gasteiger partial charge in [0.2, 0.25) is 10.0 Å². The van der Waals surface area contributed by atoms with Gasteiger partial charge >= 0.3 is 0 Å². The summed E-state index contributed by atoms with van der Waals surface area (Å²) in [6, 6.07) is 1.93. The van der Waals surface area contributed by atoms with Crippen molar-refractivity contribution in [2.24, 2.45) is 0 Å². The second kappa shape index (κ2) is 6.48. The summed E-state index contributed by atoms with van der Waals surface area (Å²) in [5.74, 6) is -0.972. The van der Waals surface area contributed by atoms with Gasteiger partial charge in [-0.2, -0.15) is 0 Å². The molecule has 0 radical (unpaired) electrons. The van der Waals surface area contributed by atoms with Crippen LogP contribution < -0.4 is 10.5 Å². The van der Waals surface area contributed by atoms with E-state index in [1.54, 1.807) is 6.92 Å². The molecule has 0 bridgehead atoms. The lowest BCUT2D eigenvalue weighted by Gasteiger charge is -2.21. The number of likely N-dealkylation sites (tertiary alicyclic amines) is 1. The van der Waals surface area contributed by atoms with Crippen LogP contribution in [0.3, 0.4) is 0 Å². The summed E-state index contributed by atoms with van der Waals surface area (Å²) in [5.41, 5.74) is 5.14. The lowest BCUT2D eigenvalue weighted by atomic mass is 10.3. The lowest BCUT2D eigenvalue weighted by molar-refractivity contribution is 0.312. The van der Waals surface area contributed by atoms with E-state index >= 15 is 0 Å². The van der Waals surface area contributed by atoms with Gasteiger partial charge in [0.1, 0.15) is 4.90 Å². The van der Waals surface area contributed by atoms with E-state index in [1.165, 1.54) is 6.07 Å². The zero-order valence-electron chi connectivity index (χ0n) is 11.8. The third kappa shape index (κ3) is 4.06. The van der Waals surface area contributed by atoms with Gasteiger partial charge in [-0.05, 0) is 45.0 Å². The van der Waals surface area contributed by atoms with Crippen LogP contribution in [0.5, 0.6) is 0 Å². The van der Waals surface area contributed by atoms with Gasteiger partial charge in [-0.25, -0.2) is 17.5 Å². The Labute approximate surface area is 129 Å². The van der Waals surface area contributed by atoms with Crippen molar-refractivity contribution in [3.05, 3.63) is 23.0 Å². The van der Waals surface area contributed by atoms with Gasteiger partial charge in [0, 0.05) is 17.6 Å². The first-order valence-corrected chi connectivity index (χ1v) is 8.65. The second-order valence-electron chi connectivity index (χ2n) is 5.34. The maximum atomic E-state index is 13.9. The van der Waals surface area contributed by atoms with Crippen LogP contribution in [0.25, 0.3) is 0 Å². The number of hydrogen-bond donors (Lipinski definition) is 2. The number of nitrogens with zero attached hydrogens (tertiary/aromatic N) is 1. The van der Waals surface area contributed by atoms with Crippen LogP contribution >= 0.6 is 11.6 Å². The Bertz CT molecular complexity index is 618. The molecule has 0 spiro atoms. The van der Waals surface area contributed by atoms with E-state index in [0.717, 1.165) is 32.0 Å². The standard InChI is InChI=1S/C13H19ClFN3O2S/c1-9(8-18-4-2-3-5-18)17-21(19,20)12-7-10(14)6-11(16)13(12)15/h6-7,9,17H,2-5,8,16H2,1H3. The minimum atomic E-state index is -3.99. The van der Waals surface area contributed by atoms with Crippen molar-refractivity contribution in [3.63, 3.8) is 0 Å². The molecule has 1 aliphatic heterocycles. The molecule has 8 heteroatoms. The van der Waals surface area contributed by atoms with E-state index in [9.17, 15) is 12.8 Å². The van der Waals surface area contributed by atoms with Crippen molar-refractivity contribution in [3.8, 4) is 0 Å². The maximum Gasteiger partial charge on any atom is 0.243 e. The molecule has 3 N–H and O–H groups in total. The second-order valence-corrected chi connectivity index (χ2v) is 7.46. The average molecular weight is 336 g/mol. The molecule has 0 saturated carbocycles. The Balaban J connectivity index is 2.14. The molecule has 1 aromatic rings. The smallest absolute Gasteiger partial charge is 0.243 e. The topological polar surface area (TPSA) is 75.4 Å². The Hall–Kier alpha value is -0.890. The van der Waals surface area contributed by atoms with E-state index in [-0.39, 0.29) is 16.8 Å². The third-order valence-corrected chi connectivity index (χ3v) is 5.22. The fraction of sp³-hybridized carbons (Fsp3) is 0.538. The van der Waals surface area contributed by atoms with Crippen LogP contribution in [0.2, 0.25) is 5.02 Å². The number of nitrogen functional groups attached to an aromatic ring is 1. The Morgan fingerprint density at radius 2 is 2.05 bits per heavy atom. The summed E-state index contributed by atoms with van der Waals surface area (Å²) in [4.78, 5) is 1.66. The number of sulfonamides is 1. The van der Waals surface area contributed by atoms with Crippen LogP contribution in [0.15, 0.2) is 17.0 Å². The van der Waals surface area contributed by atoms with Gasteiger partial charge in [0.15, 0.2) is 5.82 Å². The first-order valence-electron chi connectivity index (χ1n) is 6.79. The molecule has 1 fully saturated rings. The van der Waals surface area contributed by atoms with Crippen LogP contribution in [0, 0.1) is 5.82 Å². The average Bonchev–Trinajstić information content (AvgIpc) is 2.85. The van der Waals surface area contributed by atoms with Crippen molar-refractivity contribution in [2.75, 3.05) is 25.4 Å². The third-order valence-electron chi connectivity index (χ3n) is 3.41. The van der Waals surface area contributed by atoms with Gasteiger partial charge in [-0.15, -0.1) is 0 Å². The number of anilines is 1. The Morgan fingerprint density at radius 1 is 1.43 bits per heavy atom. The molecule has 0 amide bonds. The van der Waals surface area contributed by atoms with E-state index in [1.807, 2.05) is 0 Å². The number of rotatable bonds is 5. The van der Waals surface area contributed by atoms with Gasteiger partial charge < -0.3 is 10.6 Å².